The number of nitrogens with zero attached hydrogens (tertiary/aromatic N) is 1. The number of aromatic amines is 1. The molecular weight excluding hydrogens is 328 g/mol. The van der Waals surface area contributed by atoms with Crippen molar-refractivity contribution >= 4 is 23.1 Å². The first-order chi connectivity index (χ1) is 12.7. The van der Waals surface area contributed by atoms with Gasteiger partial charge >= 0.3 is 5.97 Å². The smallest absolute Gasteiger partial charge is 0.337 e. The van der Waals surface area contributed by atoms with E-state index in [4.69, 9.17) is 4.74 Å². The molecule has 5 heteroatoms. The number of aromatic nitrogens is 1. The molecule has 26 heavy (non-hydrogen) atoms. The number of nitrogens with one attached hydrogen (secondary N) is 1. The Morgan fingerprint density at radius 1 is 1.38 bits per heavy atom. The van der Waals surface area contributed by atoms with E-state index in [2.05, 4.69) is 34.0 Å². The molecule has 2 aliphatic heterocycles. The summed E-state index contributed by atoms with van der Waals surface area (Å²) in [7, 11) is 1.34. The van der Waals surface area contributed by atoms with Crippen LogP contribution in [-0.4, -0.2) is 40.5 Å². The molecule has 2 atom stereocenters. The molecule has 2 aromatic rings. The Hall–Kier alpha value is -2.82. The van der Waals surface area contributed by atoms with E-state index in [1.807, 2.05) is 19.1 Å². The predicted octanol–water partition coefficient (Wildman–Crippen LogP) is 3.43. The highest BCUT2D eigenvalue weighted by molar-refractivity contribution is 5.92. The highest BCUT2D eigenvalue weighted by atomic mass is 16.5. The molecule has 2 aliphatic rings. The maximum Gasteiger partial charge on any atom is 0.337 e. The highest BCUT2D eigenvalue weighted by Crippen LogP contribution is 2.41. The number of carbonyl (C=O) groups is 1. The molecular formula is C21H23N2O3+. The molecule has 0 aliphatic carbocycles. The van der Waals surface area contributed by atoms with Crippen molar-refractivity contribution in [3.05, 3.63) is 59.0 Å². The number of carbonyl (C=O) groups excluding carboxylic acids is 1. The SMILES string of the molecule is C/C=C1/C=[N+]2CCc3c([nH]c4ccccc34)[C@@H]2CC1/C(=C/O)C(=O)OC. The monoisotopic (exact) mass is 351 g/mol. The van der Waals surface area contributed by atoms with Gasteiger partial charge in [0.05, 0.1) is 24.6 Å². The van der Waals surface area contributed by atoms with E-state index in [0.29, 0.717) is 5.57 Å². The van der Waals surface area contributed by atoms with Crippen molar-refractivity contribution in [3.63, 3.8) is 0 Å². The number of ether oxygens (including phenoxy) is 1. The number of esters is 1. The standard InChI is InChI=1S/C21H22N2O3/c1-3-13-11-23-9-8-15-14-6-4-5-7-18(14)22-20(15)19(23)10-16(13)17(12-24)21(25)26-2/h3-7,11-12,16,19,22H,8-10H2,1-2H3/p+1/b13-3-/t16?,19-/m0/s1. The third-order valence-electron chi connectivity index (χ3n) is 5.65. The minimum absolute atomic E-state index is 0.152. The molecule has 1 unspecified atom stereocenters. The third-order valence-corrected chi connectivity index (χ3v) is 5.65. The van der Waals surface area contributed by atoms with Crippen molar-refractivity contribution < 1.29 is 19.2 Å². The molecule has 0 saturated carbocycles. The largest absolute Gasteiger partial charge is 0.515 e. The lowest BCUT2D eigenvalue weighted by atomic mass is 9.80. The average Bonchev–Trinajstić information content (AvgIpc) is 3.07. The number of hydrogen-bond acceptors (Lipinski definition) is 3. The number of allylic oxidation sites excluding steroid dienone is 2. The van der Waals surface area contributed by atoms with E-state index in [1.54, 1.807) is 0 Å². The van der Waals surface area contributed by atoms with Gasteiger partial charge in [0.1, 0.15) is 6.54 Å². The Labute approximate surface area is 152 Å². The lowest BCUT2D eigenvalue weighted by Gasteiger charge is -2.30. The fourth-order valence-corrected chi connectivity index (χ4v) is 4.37. The van der Waals surface area contributed by atoms with Crippen molar-refractivity contribution in [2.75, 3.05) is 13.7 Å². The second kappa shape index (κ2) is 6.48. The number of H-pyrrole nitrogens is 1. The fourth-order valence-electron chi connectivity index (χ4n) is 4.37. The second-order valence-electron chi connectivity index (χ2n) is 6.85. The highest BCUT2D eigenvalue weighted by Gasteiger charge is 2.42. The summed E-state index contributed by atoms with van der Waals surface area (Å²) in [6, 6.07) is 8.53. The van der Waals surface area contributed by atoms with Gasteiger partial charge in [0, 0.05) is 35.2 Å². The molecule has 0 saturated heterocycles. The van der Waals surface area contributed by atoms with Crippen molar-refractivity contribution in [2.24, 2.45) is 5.92 Å². The van der Waals surface area contributed by atoms with E-state index in [-0.39, 0.29) is 12.0 Å². The molecule has 1 aromatic heterocycles. The van der Waals surface area contributed by atoms with E-state index >= 15 is 0 Å². The second-order valence-corrected chi connectivity index (χ2v) is 6.85. The third kappa shape index (κ3) is 2.46. The van der Waals surface area contributed by atoms with Gasteiger partial charge in [-0.05, 0) is 18.6 Å². The predicted molar refractivity (Wildman–Crippen MR) is 101 cm³/mol. The summed E-state index contributed by atoms with van der Waals surface area (Å²) in [6.45, 7) is 2.91. The van der Waals surface area contributed by atoms with Crippen LogP contribution in [0.25, 0.3) is 10.9 Å². The van der Waals surface area contributed by atoms with Crippen LogP contribution in [0.3, 0.4) is 0 Å². The van der Waals surface area contributed by atoms with Gasteiger partial charge < -0.3 is 14.8 Å². The Balaban J connectivity index is 1.81. The summed E-state index contributed by atoms with van der Waals surface area (Å²) in [6.07, 6.45) is 6.75. The van der Waals surface area contributed by atoms with Gasteiger partial charge in [-0.15, -0.1) is 0 Å². The number of methoxy groups -OCH3 is 1. The van der Waals surface area contributed by atoms with Gasteiger partial charge in [-0.1, -0.05) is 24.3 Å². The minimum Gasteiger partial charge on any atom is -0.515 e. The van der Waals surface area contributed by atoms with Crippen molar-refractivity contribution in [1.82, 2.24) is 4.98 Å². The minimum atomic E-state index is -0.480. The zero-order chi connectivity index (χ0) is 18.3. The number of aliphatic hydroxyl groups is 1. The molecule has 0 spiro atoms. The molecule has 0 radical (unpaired) electrons. The molecule has 2 N–H and O–H groups in total. The molecule has 0 fully saturated rings. The molecule has 0 amide bonds. The van der Waals surface area contributed by atoms with E-state index in [1.165, 1.54) is 23.8 Å². The number of para-hydroxylation sites is 1. The average molecular weight is 351 g/mol. The summed E-state index contributed by atoms with van der Waals surface area (Å²) in [4.78, 5) is 15.7. The number of aliphatic hydroxyl groups excluding tert-OH is 1. The van der Waals surface area contributed by atoms with Gasteiger partial charge in [-0.3, -0.25) is 0 Å². The van der Waals surface area contributed by atoms with Crippen LogP contribution < -0.4 is 0 Å². The van der Waals surface area contributed by atoms with Gasteiger partial charge in [0.2, 0.25) is 0 Å². The van der Waals surface area contributed by atoms with Crippen LogP contribution in [-0.2, 0) is 16.0 Å². The summed E-state index contributed by atoms with van der Waals surface area (Å²) in [5.74, 6) is -0.664. The topological polar surface area (TPSA) is 65.3 Å². The zero-order valence-electron chi connectivity index (χ0n) is 15.0. The maximum absolute atomic E-state index is 12.1. The fraction of sp³-hybridized carbons (Fsp3) is 0.333. The molecule has 3 heterocycles. The van der Waals surface area contributed by atoms with Crippen LogP contribution in [0.5, 0.6) is 0 Å². The van der Waals surface area contributed by atoms with Crippen molar-refractivity contribution in [2.45, 2.75) is 25.8 Å². The first-order valence-corrected chi connectivity index (χ1v) is 8.96. The number of fused-ring (bicyclic) bond motifs is 5. The Bertz CT molecular complexity index is 965. The molecule has 4 rings (SSSR count). The summed E-state index contributed by atoms with van der Waals surface area (Å²) < 4.78 is 7.22. The van der Waals surface area contributed by atoms with Crippen LogP contribution in [0.15, 0.2) is 47.7 Å². The van der Waals surface area contributed by atoms with Gasteiger partial charge in [-0.2, -0.15) is 0 Å². The molecule has 0 bridgehead atoms. The Morgan fingerprint density at radius 2 is 2.19 bits per heavy atom. The van der Waals surface area contributed by atoms with Gasteiger partial charge in [0.15, 0.2) is 12.3 Å². The lowest BCUT2D eigenvalue weighted by molar-refractivity contribution is -0.577. The quantitative estimate of drug-likeness (QED) is 0.377. The van der Waals surface area contributed by atoms with Crippen LogP contribution in [0, 0.1) is 5.92 Å². The lowest BCUT2D eigenvalue weighted by Crippen LogP contribution is -2.36. The van der Waals surface area contributed by atoms with Crippen LogP contribution in [0.4, 0.5) is 0 Å². The van der Waals surface area contributed by atoms with Gasteiger partial charge in [0.25, 0.3) is 0 Å². The zero-order valence-corrected chi connectivity index (χ0v) is 15.0. The summed E-state index contributed by atoms with van der Waals surface area (Å²) in [5, 5.41) is 11.0. The molecule has 5 nitrogen and oxygen atoms in total. The maximum atomic E-state index is 12.1. The van der Waals surface area contributed by atoms with Crippen molar-refractivity contribution in [3.8, 4) is 0 Å². The van der Waals surface area contributed by atoms with Crippen LogP contribution in [0.2, 0.25) is 0 Å². The molecule has 134 valence electrons. The van der Waals surface area contributed by atoms with E-state index in [9.17, 15) is 9.90 Å². The van der Waals surface area contributed by atoms with E-state index in [0.717, 1.165) is 36.7 Å². The summed E-state index contributed by atoms with van der Waals surface area (Å²) >= 11 is 0. The summed E-state index contributed by atoms with van der Waals surface area (Å²) in [5.41, 5.74) is 5.08. The van der Waals surface area contributed by atoms with E-state index < -0.39 is 5.97 Å². The van der Waals surface area contributed by atoms with Crippen LogP contribution in [0.1, 0.15) is 30.6 Å². The Morgan fingerprint density at radius 3 is 2.92 bits per heavy atom. The number of hydrogen-bond donors (Lipinski definition) is 2. The number of benzene rings is 1. The number of rotatable bonds is 2. The first kappa shape index (κ1) is 16.6. The Kier molecular flexibility index (Phi) is 4.15. The molecule has 1 aromatic carbocycles. The normalized spacial score (nSPS) is 24.2. The first-order valence-electron chi connectivity index (χ1n) is 8.96. The van der Waals surface area contributed by atoms with Gasteiger partial charge in [-0.25, -0.2) is 9.37 Å². The van der Waals surface area contributed by atoms with Crippen LogP contribution >= 0.6 is 0 Å². The van der Waals surface area contributed by atoms with Crippen molar-refractivity contribution in [1.29, 1.82) is 0 Å².